The van der Waals surface area contributed by atoms with Gasteiger partial charge in [-0.2, -0.15) is 0 Å². The number of carbonyl (C=O) groups excluding carboxylic acids is 1. The van der Waals surface area contributed by atoms with Gasteiger partial charge in [-0.3, -0.25) is 4.79 Å². The molecule has 0 fully saturated rings. The van der Waals surface area contributed by atoms with E-state index < -0.39 is 11.9 Å². The second kappa shape index (κ2) is 5.87. The van der Waals surface area contributed by atoms with E-state index in [2.05, 4.69) is 26.1 Å². The highest BCUT2D eigenvalue weighted by Crippen LogP contribution is 2.30. The highest BCUT2D eigenvalue weighted by atomic mass is 16.5. The number of hydrogen-bond donors (Lipinski definition) is 2. The average molecular weight is 250 g/mol. The van der Waals surface area contributed by atoms with Crippen molar-refractivity contribution in [1.29, 1.82) is 0 Å². The van der Waals surface area contributed by atoms with Crippen LogP contribution in [0.4, 0.5) is 0 Å². The highest BCUT2D eigenvalue weighted by Gasteiger charge is 2.20. The fraction of sp³-hybridized carbons (Fsp3) is 0.500. The van der Waals surface area contributed by atoms with Crippen LogP contribution in [0.1, 0.15) is 26.3 Å². The van der Waals surface area contributed by atoms with Crippen molar-refractivity contribution in [2.75, 3.05) is 13.7 Å². The lowest BCUT2D eigenvalue weighted by molar-refractivity contribution is -0.120. The summed E-state index contributed by atoms with van der Waals surface area (Å²) in [6.07, 6.45) is 0. The minimum atomic E-state index is -0.474. The highest BCUT2D eigenvalue weighted by molar-refractivity contribution is 5.80. The maximum absolute atomic E-state index is 11.1. The number of benzene rings is 1. The molecule has 0 heterocycles. The van der Waals surface area contributed by atoms with E-state index >= 15 is 0 Å². The summed E-state index contributed by atoms with van der Waals surface area (Å²) in [6.45, 7) is 6.61. The Morgan fingerprint density at radius 1 is 1.39 bits per heavy atom. The zero-order valence-electron chi connectivity index (χ0n) is 11.5. The fourth-order valence-electron chi connectivity index (χ4n) is 1.69. The summed E-state index contributed by atoms with van der Waals surface area (Å²) in [5.41, 5.74) is 6.37. The lowest BCUT2D eigenvalue weighted by atomic mass is 9.86. The van der Waals surface area contributed by atoms with Gasteiger partial charge in [0, 0.05) is 0 Å². The molecule has 0 radical (unpaired) electrons. The predicted octanol–water partition coefficient (Wildman–Crippen LogP) is 1.44. The molecule has 0 aliphatic carbocycles. The van der Waals surface area contributed by atoms with Crippen molar-refractivity contribution in [2.45, 2.75) is 32.2 Å². The monoisotopic (exact) mass is 250 g/mol. The summed E-state index contributed by atoms with van der Waals surface area (Å²) < 4.78 is 5.71. The van der Waals surface area contributed by atoms with Crippen molar-refractivity contribution in [3.05, 3.63) is 29.8 Å². The van der Waals surface area contributed by atoms with E-state index in [4.69, 9.17) is 10.5 Å². The first-order valence-electron chi connectivity index (χ1n) is 6.05. The van der Waals surface area contributed by atoms with Gasteiger partial charge in [0.1, 0.15) is 18.4 Å². The van der Waals surface area contributed by atoms with E-state index in [1.165, 1.54) is 0 Å². The fourth-order valence-corrected chi connectivity index (χ4v) is 1.69. The smallest absolute Gasteiger partial charge is 0.238 e. The molecule has 1 amide bonds. The number of amides is 1. The number of primary amides is 1. The van der Waals surface area contributed by atoms with Gasteiger partial charge in [-0.1, -0.05) is 39.0 Å². The van der Waals surface area contributed by atoms with Gasteiger partial charge in [-0.05, 0) is 24.1 Å². The lowest BCUT2D eigenvalue weighted by Gasteiger charge is -2.23. The standard InChI is InChI=1S/C14H22N2O2/c1-14(2,3)10-7-5-6-8-12(10)18-9-11(16-4)13(15)17/h5-8,11,16H,9H2,1-4H3,(H2,15,17). The molecule has 18 heavy (non-hydrogen) atoms. The molecule has 0 saturated heterocycles. The average Bonchev–Trinajstić information content (AvgIpc) is 2.28. The van der Waals surface area contributed by atoms with Crippen molar-refractivity contribution in [2.24, 2.45) is 5.73 Å². The molecule has 1 aromatic carbocycles. The van der Waals surface area contributed by atoms with Crippen molar-refractivity contribution in [3.8, 4) is 5.75 Å². The van der Waals surface area contributed by atoms with Crippen LogP contribution in [0.5, 0.6) is 5.75 Å². The van der Waals surface area contributed by atoms with Crippen LogP contribution < -0.4 is 15.8 Å². The number of para-hydroxylation sites is 1. The molecule has 0 aliphatic heterocycles. The lowest BCUT2D eigenvalue weighted by Crippen LogP contribution is -2.43. The van der Waals surface area contributed by atoms with Gasteiger partial charge in [-0.25, -0.2) is 0 Å². The van der Waals surface area contributed by atoms with Crippen LogP contribution in [0.3, 0.4) is 0 Å². The van der Waals surface area contributed by atoms with Gasteiger partial charge >= 0.3 is 0 Å². The van der Waals surface area contributed by atoms with Crippen LogP contribution in [0.25, 0.3) is 0 Å². The first-order chi connectivity index (χ1) is 8.36. The van der Waals surface area contributed by atoms with Crippen molar-refractivity contribution in [1.82, 2.24) is 5.32 Å². The number of rotatable bonds is 5. The molecule has 1 aromatic rings. The van der Waals surface area contributed by atoms with Gasteiger partial charge in [0.05, 0.1) is 0 Å². The number of likely N-dealkylation sites (N-methyl/N-ethyl adjacent to an activating group) is 1. The normalized spacial score (nSPS) is 13.1. The second-order valence-electron chi connectivity index (χ2n) is 5.30. The Hall–Kier alpha value is -1.55. The molecule has 4 heteroatoms. The Labute approximate surface area is 109 Å². The maximum atomic E-state index is 11.1. The van der Waals surface area contributed by atoms with E-state index in [0.29, 0.717) is 0 Å². The van der Waals surface area contributed by atoms with E-state index in [1.54, 1.807) is 7.05 Å². The third-order valence-electron chi connectivity index (χ3n) is 2.79. The van der Waals surface area contributed by atoms with E-state index in [-0.39, 0.29) is 12.0 Å². The number of nitrogens with one attached hydrogen (secondary N) is 1. The Kier molecular flexibility index (Phi) is 4.73. The summed E-state index contributed by atoms with van der Waals surface area (Å²) in [6, 6.07) is 7.38. The number of ether oxygens (including phenoxy) is 1. The summed E-state index contributed by atoms with van der Waals surface area (Å²) in [5, 5.41) is 2.83. The van der Waals surface area contributed by atoms with E-state index in [1.807, 2.05) is 24.3 Å². The third kappa shape index (κ3) is 3.74. The number of carbonyl (C=O) groups is 1. The van der Waals surface area contributed by atoms with Gasteiger partial charge in [0.2, 0.25) is 5.91 Å². The Bertz CT molecular complexity index is 411. The molecule has 4 nitrogen and oxygen atoms in total. The Balaban J connectivity index is 2.82. The third-order valence-corrected chi connectivity index (χ3v) is 2.79. The molecule has 1 rings (SSSR count). The van der Waals surface area contributed by atoms with Gasteiger partial charge < -0.3 is 15.8 Å². The molecule has 0 bridgehead atoms. The molecule has 100 valence electrons. The van der Waals surface area contributed by atoms with Crippen molar-refractivity contribution in [3.63, 3.8) is 0 Å². The topological polar surface area (TPSA) is 64.3 Å². The molecule has 0 spiro atoms. The maximum Gasteiger partial charge on any atom is 0.238 e. The Morgan fingerprint density at radius 3 is 2.50 bits per heavy atom. The predicted molar refractivity (Wildman–Crippen MR) is 72.7 cm³/mol. The van der Waals surface area contributed by atoms with Crippen LogP contribution in [0.2, 0.25) is 0 Å². The van der Waals surface area contributed by atoms with Crippen LogP contribution in [0.15, 0.2) is 24.3 Å². The quantitative estimate of drug-likeness (QED) is 0.831. The van der Waals surface area contributed by atoms with Crippen molar-refractivity contribution < 1.29 is 9.53 Å². The SMILES string of the molecule is CNC(COc1ccccc1C(C)(C)C)C(N)=O. The Morgan fingerprint density at radius 2 is 2.00 bits per heavy atom. The summed E-state index contributed by atoms with van der Waals surface area (Å²) >= 11 is 0. The molecule has 0 saturated carbocycles. The molecular weight excluding hydrogens is 228 g/mol. The first-order valence-corrected chi connectivity index (χ1v) is 6.05. The number of nitrogens with two attached hydrogens (primary N) is 1. The number of hydrogen-bond acceptors (Lipinski definition) is 3. The summed E-state index contributed by atoms with van der Waals surface area (Å²) in [4.78, 5) is 11.1. The van der Waals surface area contributed by atoms with Crippen LogP contribution in [-0.4, -0.2) is 25.6 Å². The van der Waals surface area contributed by atoms with Gasteiger partial charge in [0.15, 0.2) is 0 Å². The molecular formula is C14H22N2O2. The zero-order valence-corrected chi connectivity index (χ0v) is 11.5. The minimum Gasteiger partial charge on any atom is -0.491 e. The molecule has 1 atom stereocenters. The second-order valence-corrected chi connectivity index (χ2v) is 5.30. The molecule has 0 aliphatic rings. The van der Waals surface area contributed by atoms with Crippen LogP contribution in [-0.2, 0) is 10.2 Å². The van der Waals surface area contributed by atoms with Gasteiger partial charge in [-0.15, -0.1) is 0 Å². The summed E-state index contributed by atoms with van der Waals surface area (Å²) in [7, 11) is 1.69. The largest absolute Gasteiger partial charge is 0.491 e. The van der Waals surface area contributed by atoms with Gasteiger partial charge in [0.25, 0.3) is 0 Å². The van der Waals surface area contributed by atoms with Crippen LogP contribution >= 0.6 is 0 Å². The summed E-state index contributed by atoms with van der Waals surface area (Å²) in [5.74, 6) is 0.386. The molecule has 1 unspecified atom stereocenters. The first kappa shape index (κ1) is 14.5. The molecule has 3 N–H and O–H groups in total. The minimum absolute atomic E-state index is 0.00153. The zero-order chi connectivity index (χ0) is 13.8. The molecule has 0 aromatic heterocycles. The van der Waals surface area contributed by atoms with Crippen LogP contribution in [0, 0.1) is 0 Å². The van der Waals surface area contributed by atoms with Crippen molar-refractivity contribution >= 4 is 5.91 Å². The van der Waals surface area contributed by atoms with E-state index in [0.717, 1.165) is 11.3 Å². The van der Waals surface area contributed by atoms with E-state index in [9.17, 15) is 4.79 Å².